The first-order chi connectivity index (χ1) is 8.49. The van der Waals surface area contributed by atoms with Crippen LogP contribution in [0.1, 0.15) is 20.3 Å². The fourth-order valence-electron chi connectivity index (χ4n) is 1.26. The summed E-state index contributed by atoms with van der Waals surface area (Å²) < 4.78 is 50.3. The van der Waals surface area contributed by atoms with E-state index < -0.39 is 12.8 Å². The van der Waals surface area contributed by atoms with Crippen LogP contribution in [0.4, 0.5) is 13.2 Å². The van der Waals surface area contributed by atoms with Crippen LogP contribution in [0.15, 0.2) is 0 Å². The molecule has 0 aromatic carbocycles. The van der Waals surface area contributed by atoms with Crippen LogP contribution >= 0.6 is 0 Å². The van der Waals surface area contributed by atoms with Gasteiger partial charge in [0.2, 0.25) is 0 Å². The van der Waals surface area contributed by atoms with E-state index in [1.54, 1.807) is 0 Å². The minimum atomic E-state index is -4.25. The highest BCUT2D eigenvalue weighted by atomic mass is 19.4. The van der Waals surface area contributed by atoms with Gasteiger partial charge in [-0.2, -0.15) is 13.2 Å². The van der Waals surface area contributed by atoms with Gasteiger partial charge in [-0.3, -0.25) is 0 Å². The first-order valence-corrected chi connectivity index (χ1v) is 6.08. The van der Waals surface area contributed by atoms with E-state index in [1.807, 2.05) is 13.8 Å². The lowest BCUT2D eigenvalue weighted by Crippen LogP contribution is -2.28. The molecule has 110 valence electrons. The second-order valence-electron chi connectivity index (χ2n) is 3.55. The molecular weight excluding hydrogens is 251 g/mol. The molecule has 0 fully saturated rings. The average Bonchev–Trinajstić information content (AvgIpc) is 2.26. The maximum Gasteiger partial charge on any atom is 0.411 e. The van der Waals surface area contributed by atoms with Gasteiger partial charge >= 0.3 is 6.18 Å². The van der Waals surface area contributed by atoms with Crippen LogP contribution in [0.3, 0.4) is 0 Å². The van der Waals surface area contributed by atoms with E-state index in [-0.39, 0.29) is 12.9 Å². The molecule has 0 atom stereocenters. The third kappa shape index (κ3) is 12.1. The van der Waals surface area contributed by atoms with Crippen molar-refractivity contribution in [3.63, 3.8) is 0 Å². The highest BCUT2D eigenvalue weighted by Crippen LogP contribution is 2.13. The Bertz CT molecular complexity index is 185. The topological polar surface area (TPSA) is 39.7 Å². The van der Waals surface area contributed by atoms with E-state index in [1.165, 1.54) is 0 Å². The lowest BCUT2D eigenvalue weighted by Gasteiger charge is -2.17. The van der Waals surface area contributed by atoms with Crippen LogP contribution in [-0.4, -0.2) is 52.0 Å². The summed E-state index contributed by atoms with van der Waals surface area (Å²) in [5.41, 5.74) is 0. The van der Waals surface area contributed by atoms with Gasteiger partial charge in [-0.25, -0.2) is 0 Å². The van der Waals surface area contributed by atoms with Crippen molar-refractivity contribution in [1.82, 2.24) is 5.32 Å². The Balaban J connectivity index is 3.37. The Morgan fingerprint density at radius 2 is 1.67 bits per heavy atom. The summed E-state index contributed by atoms with van der Waals surface area (Å²) in [6.07, 6.45) is -3.86. The minimum Gasteiger partial charge on any atom is -0.371 e. The molecule has 0 saturated heterocycles. The first kappa shape index (κ1) is 17.6. The fourth-order valence-corrected chi connectivity index (χ4v) is 1.26. The van der Waals surface area contributed by atoms with Crippen molar-refractivity contribution < 1.29 is 27.4 Å². The molecular formula is C11H22F3NO3. The van der Waals surface area contributed by atoms with Crippen molar-refractivity contribution in [3.05, 3.63) is 0 Å². The van der Waals surface area contributed by atoms with Crippen molar-refractivity contribution in [1.29, 1.82) is 0 Å². The summed E-state index contributed by atoms with van der Waals surface area (Å²) >= 11 is 0. The average molecular weight is 273 g/mol. The normalized spacial score (nSPS) is 12.3. The second kappa shape index (κ2) is 10.5. The number of hydrogen-bond acceptors (Lipinski definition) is 4. The van der Waals surface area contributed by atoms with Crippen LogP contribution < -0.4 is 5.32 Å². The third-order valence-corrected chi connectivity index (χ3v) is 1.95. The zero-order valence-corrected chi connectivity index (χ0v) is 10.9. The largest absolute Gasteiger partial charge is 0.411 e. The molecule has 0 aliphatic rings. The Hall–Kier alpha value is -0.370. The van der Waals surface area contributed by atoms with Crippen LogP contribution in [0.25, 0.3) is 0 Å². The van der Waals surface area contributed by atoms with Gasteiger partial charge in [0.15, 0.2) is 6.29 Å². The first-order valence-electron chi connectivity index (χ1n) is 6.08. The zero-order chi connectivity index (χ0) is 13.9. The molecule has 0 aromatic rings. The molecule has 0 rings (SSSR count). The molecule has 0 spiro atoms. The molecule has 7 heteroatoms. The number of hydrogen-bond donors (Lipinski definition) is 1. The Kier molecular flexibility index (Phi) is 10.3. The quantitative estimate of drug-likeness (QED) is 0.461. The molecule has 1 N–H and O–H groups in total. The van der Waals surface area contributed by atoms with Crippen LogP contribution in [0.5, 0.6) is 0 Å². The van der Waals surface area contributed by atoms with Crippen LogP contribution in [0, 0.1) is 0 Å². The number of halogens is 3. The summed E-state index contributed by atoms with van der Waals surface area (Å²) in [7, 11) is 0. The highest BCUT2D eigenvalue weighted by molar-refractivity contribution is 4.52. The lowest BCUT2D eigenvalue weighted by atomic mass is 10.4. The van der Waals surface area contributed by atoms with E-state index in [0.717, 1.165) is 0 Å². The van der Waals surface area contributed by atoms with Crippen molar-refractivity contribution in [2.24, 2.45) is 0 Å². The molecule has 0 aromatic heterocycles. The minimum absolute atomic E-state index is 0.0352. The standard InChI is InChI=1S/C11H22F3NO3/c1-3-17-10(18-4-2)5-6-15-7-8-16-9-11(12,13)14/h10,15H,3-9H2,1-2H3. The van der Waals surface area contributed by atoms with E-state index in [4.69, 9.17) is 9.47 Å². The lowest BCUT2D eigenvalue weighted by molar-refractivity contribution is -0.173. The molecule has 0 radical (unpaired) electrons. The molecule has 0 aliphatic heterocycles. The highest BCUT2D eigenvalue weighted by Gasteiger charge is 2.27. The van der Waals surface area contributed by atoms with E-state index in [0.29, 0.717) is 32.7 Å². The maximum atomic E-state index is 11.7. The Morgan fingerprint density at radius 1 is 1.06 bits per heavy atom. The number of ether oxygens (including phenoxy) is 3. The fraction of sp³-hybridized carbons (Fsp3) is 1.00. The predicted molar refractivity (Wildman–Crippen MR) is 61.4 cm³/mol. The predicted octanol–water partition coefficient (Wildman–Crippen LogP) is 1.94. The van der Waals surface area contributed by atoms with Gasteiger partial charge in [0, 0.05) is 32.7 Å². The number of rotatable bonds is 11. The Morgan fingerprint density at radius 3 is 2.17 bits per heavy atom. The molecule has 0 bridgehead atoms. The van der Waals surface area contributed by atoms with Gasteiger partial charge in [0.05, 0.1) is 6.61 Å². The smallest absolute Gasteiger partial charge is 0.371 e. The van der Waals surface area contributed by atoms with Crippen molar-refractivity contribution in [2.45, 2.75) is 32.7 Å². The van der Waals surface area contributed by atoms with Gasteiger partial charge in [0.1, 0.15) is 6.61 Å². The van der Waals surface area contributed by atoms with Gasteiger partial charge in [0.25, 0.3) is 0 Å². The third-order valence-electron chi connectivity index (χ3n) is 1.95. The van der Waals surface area contributed by atoms with E-state index in [2.05, 4.69) is 10.1 Å². The summed E-state index contributed by atoms with van der Waals surface area (Å²) in [6.45, 7) is 4.72. The molecule has 18 heavy (non-hydrogen) atoms. The zero-order valence-electron chi connectivity index (χ0n) is 10.9. The maximum absolute atomic E-state index is 11.7. The van der Waals surface area contributed by atoms with Gasteiger partial charge in [-0.1, -0.05) is 0 Å². The molecule has 0 amide bonds. The molecule has 0 heterocycles. The second-order valence-corrected chi connectivity index (χ2v) is 3.55. The van der Waals surface area contributed by atoms with Crippen LogP contribution in [0.2, 0.25) is 0 Å². The van der Waals surface area contributed by atoms with E-state index in [9.17, 15) is 13.2 Å². The summed E-state index contributed by atoms with van der Waals surface area (Å²) in [5.74, 6) is 0. The van der Waals surface area contributed by atoms with Crippen molar-refractivity contribution in [2.75, 3.05) is 39.5 Å². The van der Waals surface area contributed by atoms with Crippen LogP contribution in [-0.2, 0) is 14.2 Å². The van der Waals surface area contributed by atoms with Gasteiger partial charge in [-0.05, 0) is 13.8 Å². The van der Waals surface area contributed by atoms with Crippen molar-refractivity contribution >= 4 is 0 Å². The number of nitrogens with one attached hydrogen (secondary N) is 1. The summed E-state index contributed by atoms with van der Waals surface area (Å²) in [4.78, 5) is 0. The number of alkyl halides is 3. The monoisotopic (exact) mass is 273 g/mol. The molecule has 4 nitrogen and oxygen atoms in total. The van der Waals surface area contributed by atoms with Gasteiger partial charge in [-0.15, -0.1) is 0 Å². The van der Waals surface area contributed by atoms with Gasteiger partial charge < -0.3 is 19.5 Å². The SMILES string of the molecule is CCOC(CCNCCOCC(F)(F)F)OCC. The molecule has 0 unspecified atom stereocenters. The molecule has 0 aliphatic carbocycles. The van der Waals surface area contributed by atoms with E-state index >= 15 is 0 Å². The summed E-state index contributed by atoms with van der Waals surface area (Å²) in [5, 5.41) is 2.97. The summed E-state index contributed by atoms with van der Waals surface area (Å²) in [6, 6.07) is 0. The molecule has 0 saturated carbocycles. The van der Waals surface area contributed by atoms with Crippen molar-refractivity contribution in [3.8, 4) is 0 Å². The Labute approximate surface area is 106 Å².